The predicted molar refractivity (Wildman–Crippen MR) is 85.8 cm³/mol. The average Bonchev–Trinajstić information content (AvgIpc) is 2.91. The SMILES string of the molecule is CCC1(CO)CCCN1C(=O)Nc1ccc(C(C)(C)C)nn1. The van der Waals surface area contributed by atoms with E-state index in [1.807, 2.05) is 13.0 Å². The lowest BCUT2D eigenvalue weighted by atomic mass is 9.92. The molecular formula is C16H26N4O2. The summed E-state index contributed by atoms with van der Waals surface area (Å²) in [6.07, 6.45) is 2.49. The van der Waals surface area contributed by atoms with Crippen LogP contribution in [0, 0.1) is 0 Å². The van der Waals surface area contributed by atoms with Crippen molar-refractivity contribution in [2.45, 2.75) is 57.9 Å². The van der Waals surface area contributed by atoms with Crippen molar-refractivity contribution in [2.75, 3.05) is 18.5 Å². The van der Waals surface area contributed by atoms with E-state index >= 15 is 0 Å². The van der Waals surface area contributed by atoms with Gasteiger partial charge in [0, 0.05) is 12.0 Å². The van der Waals surface area contributed by atoms with Crippen molar-refractivity contribution < 1.29 is 9.90 Å². The van der Waals surface area contributed by atoms with Crippen molar-refractivity contribution in [1.29, 1.82) is 0 Å². The molecule has 22 heavy (non-hydrogen) atoms. The van der Waals surface area contributed by atoms with E-state index in [1.54, 1.807) is 11.0 Å². The van der Waals surface area contributed by atoms with Gasteiger partial charge in [-0.15, -0.1) is 5.10 Å². The Bertz CT molecular complexity index is 518. The number of amides is 2. The van der Waals surface area contributed by atoms with Gasteiger partial charge in [0.1, 0.15) is 0 Å². The average molecular weight is 306 g/mol. The third kappa shape index (κ3) is 3.21. The minimum atomic E-state index is -0.442. The molecular weight excluding hydrogens is 280 g/mol. The Labute approximate surface area is 131 Å². The van der Waals surface area contributed by atoms with Gasteiger partial charge < -0.3 is 10.0 Å². The zero-order chi connectivity index (χ0) is 16.4. The Hall–Kier alpha value is -1.69. The number of hydrogen-bond donors (Lipinski definition) is 2. The number of carbonyl (C=O) groups is 1. The van der Waals surface area contributed by atoms with E-state index in [2.05, 4.69) is 36.3 Å². The molecule has 1 aliphatic rings. The molecule has 6 heteroatoms. The summed E-state index contributed by atoms with van der Waals surface area (Å²) in [5.41, 5.74) is 0.367. The predicted octanol–water partition coefficient (Wildman–Crippen LogP) is 2.54. The lowest BCUT2D eigenvalue weighted by molar-refractivity contribution is 0.0867. The van der Waals surface area contributed by atoms with E-state index in [0.29, 0.717) is 12.4 Å². The monoisotopic (exact) mass is 306 g/mol. The summed E-state index contributed by atoms with van der Waals surface area (Å²) in [5, 5.41) is 20.7. The number of nitrogens with zero attached hydrogens (tertiary/aromatic N) is 3. The second kappa shape index (κ2) is 6.20. The Morgan fingerprint density at radius 3 is 2.64 bits per heavy atom. The molecule has 0 saturated carbocycles. The van der Waals surface area contributed by atoms with Crippen LogP contribution in [0.3, 0.4) is 0 Å². The third-order valence-corrected chi connectivity index (χ3v) is 4.46. The summed E-state index contributed by atoms with van der Waals surface area (Å²) in [4.78, 5) is 14.2. The van der Waals surface area contributed by atoms with Crippen molar-refractivity contribution in [3.63, 3.8) is 0 Å². The molecule has 0 spiro atoms. The fraction of sp³-hybridized carbons (Fsp3) is 0.688. The third-order valence-electron chi connectivity index (χ3n) is 4.46. The highest BCUT2D eigenvalue weighted by Gasteiger charge is 2.41. The van der Waals surface area contributed by atoms with Crippen LogP contribution >= 0.6 is 0 Å². The van der Waals surface area contributed by atoms with Crippen molar-refractivity contribution in [3.05, 3.63) is 17.8 Å². The van der Waals surface area contributed by atoms with Gasteiger partial charge in [0.2, 0.25) is 0 Å². The van der Waals surface area contributed by atoms with Crippen LogP contribution in [0.25, 0.3) is 0 Å². The van der Waals surface area contributed by atoms with Crippen molar-refractivity contribution in [1.82, 2.24) is 15.1 Å². The van der Waals surface area contributed by atoms with Crippen LogP contribution in [0.2, 0.25) is 0 Å². The fourth-order valence-corrected chi connectivity index (χ4v) is 2.88. The molecule has 1 fully saturated rings. The van der Waals surface area contributed by atoms with Gasteiger partial charge >= 0.3 is 6.03 Å². The van der Waals surface area contributed by atoms with Gasteiger partial charge in [0.15, 0.2) is 5.82 Å². The molecule has 1 saturated heterocycles. The summed E-state index contributed by atoms with van der Waals surface area (Å²) in [7, 11) is 0. The summed E-state index contributed by atoms with van der Waals surface area (Å²) in [5.74, 6) is 0.438. The van der Waals surface area contributed by atoms with E-state index in [-0.39, 0.29) is 18.1 Å². The Balaban J connectivity index is 2.09. The first-order valence-electron chi connectivity index (χ1n) is 7.86. The number of likely N-dealkylation sites (tertiary alicyclic amines) is 1. The van der Waals surface area contributed by atoms with E-state index in [1.165, 1.54) is 0 Å². The molecule has 0 aliphatic carbocycles. The highest BCUT2D eigenvalue weighted by molar-refractivity contribution is 5.89. The lowest BCUT2D eigenvalue weighted by Gasteiger charge is -2.36. The molecule has 1 aliphatic heterocycles. The van der Waals surface area contributed by atoms with Crippen LogP contribution in [-0.4, -0.2) is 44.9 Å². The van der Waals surface area contributed by atoms with Crippen molar-refractivity contribution in [3.8, 4) is 0 Å². The molecule has 1 unspecified atom stereocenters. The van der Waals surface area contributed by atoms with Gasteiger partial charge in [-0.25, -0.2) is 4.79 Å². The van der Waals surface area contributed by atoms with Gasteiger partial charge in [-0.1, -0.05) is 27.7 Å². The van der Waals surface area contributed by atoms with Crippen LogP contribution in [0.5, 0.6) is 0 Å². The number of aromatic nitrogens is 2. The van der Waals surface area contributed by atoms with Crippen molar-refractivity contribution in [2.24, 2.45) is 0 Å². The minimum absolute atomic E-state index is 0.00837. The number of urea groups is 1. The Morgan fingerprint density at radius 1 is 1.41 bits per heavy atom. The quantitative estimate of drug-likeness (QED) is 0.899. The maximum absolute atomic E-state index is 12.5. The van der Waals surface area contributed by atoms with Gasteiger partial charge in [-0.3, -0.25) is 5.32 Å². The molecule has 2 rings (SSSR count). The molecule has 1 aromatic heterocycles. The van der Waals surface area contributed by atoms with E-state index < -0.39 is 5.54 Å². The van der Waals surface area contributed by atoms with Crippen LogP contribution in [0.4, 0.5) is 10.6 Å². The summed E-state index contributed by atoms with van der Waals surface area (Å²) in [6.45, 7) is 8.85. The molecule has 6 nitrogen and oxygen atoms in total. The maximum Gasteiger partial charge on any atom is 0.323 e. The first-order chi connectivity index (χ1) is 10.3. The minimum Gasteiger partial charge on any atom is -0.394 e. The number of hydrogen-bond acceptors (Lipinski definition) is 4. The van der Waals surface area contributed by atoms with Crippen molar-refractivity contribution >= 4 is 11.8 Å². The summed E-state index contributed by atoms with van der Waals surface area (Å²) < 4.78 is 0. The van der Waals surface area contributed by atoms with Crippen LogP contribution in [-0.2, 0) is 5.41 Å². The van der Waals surface area contributed by atoms with E-state index in [9.17, 15) is 9.90 Å². The van der Waals surface area contributed by atoms with E-state index in [4.69, 9.17) is 0 Å². The molecule has 122 valence electrons. The standard InChI is InChI=1S/C16H26N4O2/c1-5-16(11-21)9-6-10-20(16)14(22)17-13-8-7-12(18-19-13)15(2,3)4/h7-8,21H,5-6,9-11H2,1-4H3,(H,17,19,22). The van der Waals surface area contributed by atoms with Gasteiger partial charge in [-0.05, 0) is 31.4 Å². The Kier molecular flexibility index (Phi) is 4.70. The smallest absolute Gasteiger partial charge is 0.323 e. The van der Waals surface area contributed by atoms with Crippen LogP contribution in [0.1, 0.15) is 52.7 Å². The molecule has 2 N–H and O–H groups in total. The molecule has 0 bridgehead atoms. The summed E-state index contributed by atoms with van der Waals surface area (Å²) in [6, 6.07) is 3.44. The highest BCUT2D eigenvalue weighted by Crippen LogP contribution is 2.32. The van der Waals surface area contributed by atoms with Gasteiger partial charge in [0.05, 0.1) is 17.8 Å². The molecule has 0 aromatic carbocycles. The maximum atomic E-state index is 12.5. The second-order valence-electron chi connectivity index (χ2n) is 6.98. The molecule has 2 amide bonds. The first kappa shape index (κ1) is 16.7. The molecule has 2 heterocycles. The largest absolute Gasteiger partial charge is 0.394 e. The van der Waals surface area contributed by atoms with Crippen LogP contribution in [0.15, 0.2) is 12.1 Å². The lowest BCUT2D eigenvalue weighted by Crippen LogP contribution is -2.51. The van der Waals surface area contributed by atoms with Gasteiger partial charge in [-0.2, -0.15) is 5.10 Å². The summed E-state index contributed by atoms with van der Waals surface area (Å²) >= 11 is 0. The second-order valence-corrected chi connectivity index (χ2v) is 6.98. The first-order valence-corrected chi connectivity index (χ1v) is 7.86. The van der Waals surface area contributed by atoms with E-state index in [0.717, 1.165) is 25.0 Å². The number of carbonyl (C=O) groups excluding carboxylic acids is 1. The normalized spacial score (nSPS) is 22.0. The highest BCUT2D eigenvalue weighted by atomic mass is 16.3. The topological polar surface area (TPSA) is 78.4 Å². The van der Waals surface area contributed by atoms with Crippen LogP contribution < -0.4 is 5.32 Å². The number of nitrogens with one attached hydrogen (secondary N) is 1. The molecule has 1 aromatic rings. The fourth-order valence-electron chi connectivity index (χ4n) is 2.88. The zero-order valence-corrected chi connectivity index (χ0v) is 13.9. The number of aliphatic hydroxyl groups excluding tert-OH is 1. The number of rotatable bonds is 3. The molecule has 1 atom stereocenters. The number of anilines is 1. The van der Waals surface area contributed by atoms with Gasteiger partial charge in [0.25, 0.3) is 0 Å². The Morgan fingerprint density at radius 2 is 2.14 bits per heavy atom. The zero-order valence-electron chi connectivity index (χ0n) is 13.9. The number of aliphatic hydroxyl groups is 1. The molecule has 0 radical (unpaired) electrons.